The molecule has 0 atom stereocenters. The van der Waals surface area contributed by atoms with E-state index in [-0.39, 0.29) is 0 Å². The van der Waals surface area contributed by atoms with Crippen LogP contribution in [0.1, 0.15) is 17.5 Å². The highest BCUT2D eigenvalue weighted by atomic mass is 35.5. The number of para-hydroxylation sites is 1. The smallest absolute Gasteiger partial charge is 0.224 e. The summed E-state index contributed by atoms with van der Waals surface area (Å²) in [5.41, 5.74) is 3.05. The van der Waals surface area contributed by atoms with E-state index in [1.54, 1.807) is 0 Å². The lowest BCUT2D eigenvalue weighted by Crippen LogP contribution is -2.07. The Kier molecular flexibility index (Phi) is 5.16. The van der Waals surface area contributed by atoms with E-state index in [2.05, 4.69) is 16.0 Å². The largest absolute Gasteiger partial charge is 0.492 e. The van der Waals surface area contributed by atoms with Crippen LogP contribution in [-0.2, 0) is 0 Å². The molecule has 0 amide bonds. The quantitative estimate of drug-likeness (QED) is 0.606. The zero-order valence-corrected chi connectivity index (χ0v) is 14.5. The molecule has 0 unspecified atom stereocenters. The molecule has 0 N–H and O–H groups in total. The van der Waals surface area contributed by atoms with Gasteiger partial charge in [-0.15, -0.1) is 0 Å². The van der Waals surface area contributed by atoms with Crippen molar-refractivity contribution in [3.63, 3.8) is 0 Å². The number of halogens is 1. The molecule has 5 heteroatoms. The first-order valence-corrected chi connectivity index (χ1v) is 8.25. The molecule has 0 fully saturated rings. The zero-order valence-electron chi connectivity index (χ0n) is 13.8. The van der Waals surface area contributed by atoms with Crippen LogP contribution in [0.4, 0.5) is 0 Å². The third-order valence-electron chi connectivity index (χ3n) is 3.65. The van der Waals surface area contributed by atoms with Crippen molar-refractivity contribution in [3.05, 3.63) is 58.9 Å². The Hall–Kier alpha value is -2.33. The third-order valence-corrected chi connectivity index (χ3v) is 3.93. The molecule has 1 heterocycles. The summed E-state index contributed by atoms with van der Waals surface area (Å²) in [6, 6.07) is 11.8. The first-order chi connectivity index (χ1) is 11.6. The average molecular weight is 343 g/mol. The van der Waals surface area contributed by atoms with Gasteiger partial charge in [0.25, 0.3) is 0 Å². The van der Waals surface area contributed by atoms with Gasteiger partial charge in [-0.05, 0) is 43.2 Å². The van der Waals surface area contributed by atoms with E-state index >= 15 is 0 Å². The van der Waals surface area contributed by atoms with Crippen LogP contribution in [0.2, 0.25) is 5.02 Å². The molecule has 0 spiro atoms. The Morgan fingerprint density at radius 3 is 2.62 bits per heavy atom. The molecule has 0 saturated carbocycles. The van der Waals surface area contributed by atoms with Gasteiger partial charge >= 0.3 is 0 Å². The monoisotopic (exact) mass is 342 g/mol. The van der Waals surface area contributed by atoms with E-state index in [0.29, 0.717) is 24.1 Å². The molecule has 1 aromatic heterocycles. The van der Waals surface area contributed by atoms with Crippen LogP contribution in [-0.4, -0.2) is 23.2 Å². The van der Waals surface area contributed by atoms with E-state index in [9.17, 15) is 0 Å². The van der Waals surface area contributed by atoms with E-state index in [4.69, 9.17) is 21.1 Å². The van der Waals surface area contributed by atoms with Gasteiger partial charge in [-0.3, -0.25) is 0 Å². The first kappa shape index (κ1) is 16.5. The highest BCUT2D eigenvalue weighted by Gasteiger charge is 2.07. The minimum atomic E-state index is 0.517. The van der Waals surface area contributed by atoms with Crippen molar-refractivity contribution in [2.24, 2.45) is 0 Å². The minimum Gasteiger partial charge on any atom is -0.492 e. The summed E-state index contributed by atoms with van der Waals surface area (Å²) in [7, 11) is 0. The van der Waals surface area contributed by atoms with Gasteiger partial charge in [0.2, 0.25) is 5.88 Å². The number of fused-ring (bicyclic) bond motifs is 1. The molecule has 0 bridgehead atoms. The molecule has 0 saturated heterocycles. The Labute approximate surface area is 146 Å². The Morgan fingerprint density at radius 2 is 1.79 bits per heavy atom. The first-order valence-electron chi connectivity index (χ1n) is 7.87. The minimum absolute atomic E-state index is 0.517. The summed E-state index contributed by atoms with van der Waals surface area (Å²) in [4.78, 5) is 8.43. The number of rotatable bonds is 6. The third kappa shape index (κ3) is 3.77. The predicted octanol–water partition coefficient (Wildman–Crippen LogP) is 4.75. The van der Waals surface area contributed by atoms with Gasteiger partial charge in [-0.1, -0.05) is 29.8 Å². The summed E-state index contributed by atoms with van der Waals surface area (Å²) in [6.07, 6.45) is 2.26. The molecule has 3 aromatic rings. The van der Waals surface area contributed by atoms with Crippen molar-refractivity contribution in [3.8, 4) is 11.6 Å². The second-order valence-electron chi connectivity index (χ2n) is 5.64. The van der Waals surface area contributed by atoms with E-state index in [1.807, 2.05) is 44.2 Å². The molecule has 0 aliphatic heterocycles. The number of hydrogen-bond acceptors (Lipinski definition) is 4. The molecular formula is C19H19ClN2O2. The SMILES string of the molecule is Cc1cc(C)c(OCCCOc2ncnc3ccccc23)c(Cl)c1. The summed E-state index contributed by atoms with van der Waals surface area (Å²) >= 11 is 6.24. The summed E-state index contributed by atoms with van der Waals surface area (Å²) in [6.45, 7) is 5.07. The Bertz CT molecular complexity index is 823. The summed E-state index contributed by atoms with van der Waals surface area (Å²) in [5.74, 6) is 1.35. The van der Waals surface area contributed by atoms with Crippen molar-refractivity contribution in [1.82, 2.24) is 9.97 Å². The Balaban J connectivity index is 1.54. The van der Waals surface area contributed by atoms with Gasteiger partial charge < -0.3 is 9.47 Å². The van der Waals surface area contributed by atoms with Crippen LogP contribution in [0.15, 0.2) is 42.7 Å². The number of nitrogens with zero attached hydrogens (tertiary/aromatic N) is 2. The van der Waals surface area contributed by atoms with Crippen molar-refractivity contribution < 1.29 is 9.47 Å². The van der Waals surface area contributed by atoms with Crippen molar-refractivity contribution in [2.45, 2.75) is 20.3 Å². The predicted molar refractivity (Wildman–Crippen MR) is 96.1 cm³/mol. The maximum atomic E-state index is 6.24. The molecule has 24 heavy (non-hydrogen) atoms. The standard InChI is InChI=1S/C19H19ClN2O2/c1-13-10-14(2)18(16(20)11-13)23-8-5-9-24-19-15-6-3-4-7-17(15)21-12-22-19/h3-4,6-7,10-12H,5,8-9H2,1-2H3. The molecule has 0 radical (unpaired) electrons. The highest BCUT2D eigenvalue weighted by molar-refractivity contribution is 6.32. The lowest BCUT2D eigenvalue weighted by atomic mass is 10.1. The van der Waals surface area contributed by atoms with Crippen LogP contribution >= 0.6 is 11.6 Å². The molecule has 2 aromatic carbocycles. The van der Waals surface area contributed by atoms with Gasteiger partial charge in [0.15, 0.2) is 0 Å². The number of benzene rings is 2. The number of aryl methyl sites for hydroxylation is 2. The van der Waals surface area contributed by atoms with E-state index < -0.39 is 0 Å². The second-order valence-corrected chi connectivity index (χ2v) is 6.05. The lowest BCUT2D eigenvalue weighted by molar-refractivity contribution is 0.243. The molecule has 4 nitrogen and oxygen atoms in total. The number of ether oxygens (including phenoxy) is 2. The van der Waals surface area contributed by atoms with Crippen molar-refractivity contribution in [2.75, 3.05) is 13.2 Å². The molecule has 0 aliphatic carbocycles. The van der Waals surface area contributed by atoms with Gasteiger partial charge in [-0.2, -0.15) is 0 Å². The van der Waals surface area contributed by atoms with E-state index in [1.165, 1.54) is 6.33 Å². The van der Waals surface area contributed by atoms with Crippen LogP contribution in [0.3, 0.4) is 0 Å². The number of aromatic nitrogens is 2. The maximum Gasteiger partial charge on any atom is 0.224 e. The fraction of sp³-hybridized carbons (Fsp3) is 0.263. The second kappa shape index (κ2) is 7.49. The topological polar surface area (TPSA) is 44.2 Å². The zero-order chi connectivity index (χ0) is 16.9. The molecule has 3 rings (SSSR count). The highest BCUT2D eigenvalue weighted by Crippen LogP contribution is 2.29. The van der Waals surface area contributed by atoms with Crippen molar-refractivity contribution >= 4 is 22.5 Å². The summed E-state index contributed by atoms with van der Waals surface area (Å²) < 4.78 is 11.6. The molecular weight excluding hydrogens is 324 g/mol. The lowest BCUT2D eigenvalue weighted by Gasteiger charge is -2.12. The van der Waals surface area contributed by atoms with Gasteiger partial charge in [-0.25, -0.2) is 9.97 Å². The van der Waals surface area contributed by atoms with Crippen LogP contribution in [0, 0.1) is 13.8 Å². The van der Waals surface area contributed by atoms with Gasteiger partial charge in [0.05, 0.1) is 29.1 Å². The molecule has 124 valence electrons. The van der Waals surface area contributed by atoms with Gasteiger partial charge in [0.1, 0.15) is 12.1 Å². The molecule has 0 aliphatic rings. The fourth-order valence-electron chi connectivity index (χ4n) is 2.58. The van der Waals surface area contributed by atoms with Gasteiger partial charge in [0, 0.05) is 6.42 Å². The normalized spacial score (nSPS) is 10.8. The van der Waals surface area contributed by atoms with Crippen LogP contribution in [0.5, 0.6) is 11.6 Å². The van der Waals surface area contributed by atoms with Crippen molar-refractivity contribution in [1.29, 1.82) is 0 Å². The Morgan fingerprint density at radius 1 is 1.00 bits per heavy atom. The maximum absolute atomic E-state index is 6.24. The number of hydrogen-bond donors (Lipinski definition) is 0. The summed E-state index contributed by atoms with van der Waals surface area (Å²) in [5, 5.41) is 1.56. The van der Waals surface area contributed by atoms with Crippen LogP contribution in [0.25, 0.3) is 10.9 Å². The average Bonchev–Trinajstić information content (AvgIpc) is 2.56. The van der Waals surface area contributed by atoms with E-state index in [0.717, 1.165) is 34.2 Å². The van der Waals surface area contributed by atoms with Crippen LogP contribution < -0.4 is 9.47 Å². The fourth-order valence-corrected chi connectivity index (χ4v) is 2.96.